The first-order valence-electron chi connectivity index (χ1n) is 8.44. The number of hydrogen-bond acceptors (Lipinski definition) is 3. The molecule has 6 heteroatoms. The fourth-order valence-electron chi connectivity index (χ4n) is 2.24. The third kappa shape index (κ3) is 5.60. The van der Waals surface area contributed by atoms with Gasteiger partial charge in [-0.3, -0.25) is 0 Å². The van der Waals surface area contributed by atoms with Crippen molar-refractivity contribution in [3.05, 3.63) is 56.8 Å². The summed E-state index contributed by atoms with van der Waals surface area (Å²) < 4.78 is 25.4. The molecule has 0 aliphatic carbocycles. The monoisotopic (exact) mass is 443 g/mol. The Morgan fingerprint density at radius 1 is 1.15 bits per heavy atom. The van der Waals surface area contributed by atoms with E-state index in [9.17, 15) is 4.39 Å². The quantitative estimate of drug-likeness (QED) is 0.533. The predicted molar refractivity (Wildman–Crippen MR) is 108 cm³/mol. The number of rotatable bonds is 8. The minimum Gasteiger partial charge on any atom is -0.493 e. The van der Waals surface area contributed by atoms with E-state index in [-0.39, 0.29) is 18.0 Å². The number of halogens is 3. The second-order valence-electron chi connectivity index (χ2n) is 6.71. The van der Waals surface area contributed by atoms with Crippen LogP contribution >= 0.6 is 27.5 Å². The number of nitrogens with one attached hydrogen (secondary N) is 1. The van der Waals surface area contributed by atoms with Gasteiger partial charge in [0, 0.05) is 22.1 Å². The van der Waals surface area contributed by atoms with Crippen LogP contribution < -0.4 is 14.8 Å². The molecule has 0 amide bonds. The average molecular weight is 445 g/mol. The molecule has 0 saturated carbocycles. The van der Waals surface area contributed by atoms with Gasteiger partial charge in [-0.1, -0.05) is 40.5 Å². The van der Waals surface area contributed by atoms with E-state index in [0.29, 0.717) is 28.6 Å². The average Bonchev–Trinajstić information content (AvgIpc) is 2.60. The molecule has 0 aliphatic rings. The van der Waals surface area contributed by atoms with Gasteiger partial charge in [0.1, 0.15) is 12.4 Å². The summed E-state index contributed by atoms with van der Waals surface area (Å²) in [6, 6.07) is 8.08. The van der Waals surface area contributed by atoms with Crippen molar-refractivity contribution < 1.29 is 13.9 Å². The molecule has 0 heterocycles. The normalized spacial score (nSPS) is 11.5. The molecule has 26 heavy (non-hydrogen) atoms. The Morgan fingerprint density at radius 3 is 2.50 bits per heavy atom. The van der Waals surface area contributed by atoms with E-state index in [1.807, 2.05) is 12.1 Å². The van der Waals surface area contributed by atoms with Crippen LogP contribution in [0.2, 0.25) is 5.02 Å². The topological polar surface area (TPSA) is 30.5 Å². The first kappa shape index (κ1) is 21.0. The number of methoxy groups -OCH3 is 1. The molecule has 2 aromatic rings. The van der Waals surface area contributed by atoms with Crippen molar-refractivity contribution in [1.82, 2.24) is 5.32 Å². The van der Waals surface area contributed by atoms with Crippen molar-refractivity contribution in [3.8, 4) is 11.5 Å². The van der Waals surface area contributed by atoms with Gasteiger partial charge in [0.2, 0.25) is 0 Å². The Hall–Kier alpha value is -1.30. The highest BCUT2D eigenvalue weighted by molar-refractivity contribution is 9.10. The number of hydrogen-bond donors (Lipinski definition) is 1. The highest BCUT2D eigenvalue weighted by Gasteiger charge is 2.16. The van der Waals surface area contributed by atoms with Gasteiger partial charge in [-0.15, -0.1) is 0 Å². The van der Waals surface area contributed by atoms with E-state index >= 15 is 0 Å². The van der Waals surface area contributed by atoms with Gasteiger partial charge in [0.05, 0.1) is 12.1 Å². The fraction of sp³-hybridized carbons (Fsp3) is 0.400. The molecule has 3 nitrogen and oxygen atoms in total. The largest absolute Gasteiger partial charge is 0.493 e. The summed E-state index contributed by atoms with van der Waals surface area (Å²) in [5, 5.41) is 3.87. The Bertz CT molecular complexity index is 768. The van der Waals surface area contributed by atoms with Crippen LogP contribution in [0.5, 0.6) is 11.5 Å². The maximum absolute atomic E-state index is 13.2. The van der Waals surface area contributed by atoms with Crippen LogP contribution in [0.25, 0.3) is 0 Å². The molecule has 0 radical (unpaired) electrons. The van der Waals surface area contributed by atoms with Crippen molar-refractivity contribution in [1.29, 1.82) is 0 Å². The predicted octanol–water partition coefficient (Wildman–Crippen LogP) is 6.11. The maximum Gasteiger partial charge on any atom is 0.162 e. The van der Waals surface area contributed by atoms with Crippen LogP contribution in [0, 0.1) is 5.82 Å². The zero-order valence-corrected chi connectivity index (χ0v) is 17.8. The lowest BCUT2D eigenvalue weighted by Crippen LogP contribution is -2.37. The Balaban J connectivity index is 2.15. The summed E-state index contributed by atoms with van der Waals surface area (Å²) >= 11 is 9.65. The van der Waals surface area contributed by atoms with Crippen LogP contribution in [-0.4, -0.2) is 12.6 Å². The lowest BCUT2D eigenvalue weighted by molar-refractivity contribution is 0.284. The van der Waals surface area contributed by atoms with Crippen molar-refractivity contribution in [2.45, 2.75) is 45.9 Å². The molecule has 0 aromatic heterocycles. The van der Waals surface area contributed by atoms with E-state index in [1.165, 1.54) is 12.1 Å². The highest BCUT2D eigenvalue weighted by Crippen LogP contribution is 2.34. The first-order valence-corrected chi connectivity index (χ1v) is 9.61. The molecular formula is C20H24BrClFNO2. The maximum atomic E-state index is 13.2. The summed E-state index contributed by atoms with van der Waals surface area (Å²) in [6.45, 7) is 7.43. The fourth-order valence-corrected chi connectivity index (χ4v) is 2.92. The van der Waals surface area contributed by atoms with Crippen molar-refractivity contribution >= 4 is 27.5 Å². The van der Waals surface area contributed by atoms with Gasteiger partial charge < -0.3 is 14.8 Å². The van der Waals surface area contributed by atoms with Gasteiger partial charge in [0.25, 0.3) is 0 Å². The molecule has 0 spiro atoms. The zero-order chi connectivity index (χ0) is 19.3. The van der Waals surface area contributed by atoms with Crippen LogP contribution in [-0.2, 0) is 13.2 Å². The molecule has 0 saturated heterocycles. The van der Waals surface area contributed by atoms with Gasteiger partial charge >= 0.3 is 0 Å². The molecule has 0 fully saturated rings. The summed E-state index contributed by atoms with van der Waals surface area (Å²) in [5.74, 6) is 0.863. The zero-order valence-electron chi connectivity index (χ0n) is 15.5. The standard InChI is InChI=1S/C20H24BrClFNO2/c1-5-20(2,3)24-11-14-8-18(25-4)19(10-16(14)21)26-12-13-6-7-15(23)9-17(13)22/h6-10,24H,5,11-12H2,1-4H3. The van der Waals surface area contributed by atoms with Crippen molar-refractivity contribution in [2.75, 3.05) is 7.11 Å². The van der Waals surface area contributed by atoms with Gasteiger partial charge in [-0.2, -0.15) is 0 Å². The first-order chi connectivity index (χ1) is 12.3. The SMILES string of the molecule is CCC(C)(C)NCc1cc(OC)c(OCc2ccc(F)cc2Cl)cc1Br. The summed E-state index contributed by atoms with van der Waals surface area (Å²) in [4.78, 5) is 0. The molecule has 1 N–H and O–H groups in total. The molecule has 2 rings (SSSR count). The van der Waals surface area contributed by atoms with E-state index in [0.717, 1.165) is 16.5 Å². The summed E-state index contributed by atoms with van der Waals surface area (Å²) in [7, 11) is 1.61. The van der Waals surface area contributed by atoms with Crippen LogP contribution in [0.4, 0.5) is 4.39 Å². The van der Waals surface area contributed by atoms with Gasteiger partial charge in [-0.05, 0) is 50.1 Å². The Labute approximate surface area is 168 Å². The second kappa shape index (κ2) is 9.07. The molecule has 0 atom stereocenters. The van der Waals surface area contributed by atoms with E-state index in [1.54, 1.807) is 13.2 Å². The van der Waals surface area contributed by atoms with E-state index in [4.69, 9.17) is 21.1 Å². The third-order valence-corrected chi connectivity index (χ3v) is 5.46. The van der Waals surface area contributed by atoms with Crippen LogP contribution in [0.15, 0.2) is 34.8 Å². The smallest absolute Gasteiger partial charge is 0.162 e. The second-order valence-corrected chi connectivity index (χ2v) is 7.97. The summed E-state index contributed by atoms with van der Waals surface area (Å²) in [6.07, 6.45) is 1.03. The summed E-state index contributed by atoms with van der Waals surface area (Å²) in [5.41, 5.74) is 1.85. The molecule has 2 aromatic carbocycles. The van der Waals surface area contributed by atoms with Crippen LogP contribution in [0.1, 0.15) is 38.3 Å². The third-order valence-electron chi connectivity index (χ3n) is 4.37. The molecule has 0 aliphatic heterocycles. The molecular weight excluding hydrogens is 421 g/mol. The van der Waals surface area contributed by atoms with E-state index < -0.39 is 0 Å². The van der Waals surface area contributed by atoms with Crippen LogP contribution in [0.3, 0.4) is 0 Å². The highest BCUT2D eigenvalue weighted by atomic mass is 79.9. The molecule has 0 unspecified atom stereocenters. The van der Waals surface area contributed by atoms with Gasteiger partial charge in [0.15, 0.2) is 11.5 Å². The van der Waals surface area contributed by atoms with Crippen molar-refractivity contribution in [3.63, 3.8) is 0 Å². The van der Waals surface area contributed by atoms with Crippen molar-refractivity contribution in [2.24, 2.45) is 0 Å². The lowest BCUT2D eigenvalue weighted by Gasteiger charge is -2.25. The number of ether oxygens (including phenoxy) is 2. The van der Waals surface area contributed by atoms with Gasteiger partial charge in [-0.25, -0.2) is 4.39 Å². The Morgan fingerprint density at radius 2 is 1.88 bits per heavy atom. The van der Waals surface area contributed by atoms with E-state index in [2.05, 4.69) is 42.0 Å². The Kier molecular flexibility index (Phi) is 7.33. The minimum absolute atomic E-state index is 0.0567. The molecule has 0 bridgehead atoms. The number of benzene rings is 2. The minimum atomic E-state index is -0.370. The molecule has 142 valence electrons. The lowest BCUT2D eigenvalue weighted by atomic mass is 10.0.